The van der Waals surface area contributed by atoms with Crippen LogP contribution >= 0.6 is 24.0 Å². The molecular formula is C27H22N2O5S2. The molecule has 0 spiro atoms. The van der Waals surface area contributed by atoms with Crippen LogP contribution in [0.5, 0.6) is 17.2 Å². The summed E-state index contributed by atoms with van der Waals surface area (Å²) in [6.45, 7) is 0.884. The van der Waals surface area contributed by atoms with Gasteiger partial charge >= 0.3 is 0 Å². The Morgan fingerprint density at radius 3 is 2.72 bits per heavy atom. The lowest BCUT2D eigenvalue weighted by atomic mass is 10.1. The Morgan fingerprint density at radius 2 is 1.86 bits per heavy atom. The fourth-order valence-electron chi connectivity index (χ4n) is 3.70. The van der Waals surface area contributed by atoms with Gasteiger partial charge in [-0.15, -0.1) is 0 Å². The highest BCUT2D eigenvalue weighted by molar-refractivity contribution is 8.26. The summed E-state index contributed by atoms with van der Waals surface area (Å²) in [5, 5.41) is 2.83. The maximum Gasteiger partial charge on any atom is 0.266 e. The predicted molar refractivity (Wildman–Crippen MR) is 142 cm³/mol. The highest BCUT2D eigenvalue weighted by atomic mass is 32.2. The van der Waals surface area contributed by atoms with Crippen LogP contribution in [-0.2, 0) is 22.7 Å². The summed E-state index contributed by atoms with van der Waals surface area (Å²) in [7, 11) is 0. The number of nitrogens with one attached hydrogen (secondary N) is 1. The Balaban J connectivity index is 1.19. The predicted octanol–water partition coefficient (Wildman–Crippen LogP) is 4.51. The van der Waals surface area contributed by atoms with Crippen molar-refractivity contribution in [3.63, 3.8) is 0 Å². The smallest absolute Gasteiger partial charge is 0.266 e. The first kappa shape index (κ1) is 23.9. The summed E-state index contributed by atoms with van der Waals surface area (Å²) in [6, 6.07) is 22.5. The second kappa shape index (κ2) is 10.8. The molecule has 9 heteroatoms. The normalized spacial score (nSPS) is 15.4. The Labute approximate surface area is 218 Å². The molecule has 3 aromatic rings. The lowest BCUT2D eigenvalue weighted by Gasteiger charge is -2.14. The van der Waals surface area contributed by atoms with E-state index >= 15 is 0 Å². The van der Waals surface area contributed by atoms with Crippen LogP contribution in [0.2, 0.25) is 0 Å². The van der Waals surface area contributed by atoms with Crippen LogP contribution in [0.25, 0.3) is 6.08 Å². The van der Waals surface area contributed by atoms with Crippen molar-refractivity contribution in [1.29, 1.82) is 0 Å². The molecule has 5 rings (SSSR count). The fraction of sp³-hybridized carbons (Fsp3) is 0.148. The van der Waals surface area contributed by atoms with E-state index in [9.17, 15) is 9.59 Å². The second-order valence-electron chi connectivity index (χ2n) is 8.08. The topological polar surface area (TPSA) is 77.1 Å². The highest BCUT2D eigenvalue weighted by Crippen LogP contribution is 2.36. The van der Waals surface area contributed by atoms with Gasteiger partial charge in [-0.2, -0.15) is 0 Å². The fourth-order valence-corrected chi connectivity index (χ4v) is 4.96. The van der Waals surface area contributed by atoms with Crippen LogP contribution < -0.4 is 19.5 Å². The summed E-state index contributed by atoms with van der Waals surface area (Å²) in [4.78, 5) is 27.3. The van der Waals surface area contributed by atoms with Crippen LogP contribution in [-0.4, -0.2) is 34.4 Å². The van der Waals surface area contributed by atoms with Gasteiger partial charge in [0.15, 0.2) is 18.1 Å². The molecule has 36 heavy (non-hydrogen) atoms. The van der Waals surface area contributed by atoms with Crippen molar-refractivity contribution < 1.29 is 23.8 Å². The Hall–Kier alpha value is -3.82. The minimum absolute atomic E-state index is 0.103. The van der Waals surface area contributed by atoms with E-state index in [1.165, 1.54) is 11.8 Å². The molecule has 0 atom stereocenters. The van der Waals surface area contributed by atoms with Crippen LogP contribution in [0, 0.1) is 0 Å². The average Bonchev–Trinajstić information content (AvgIpc) is 3.47. The van der Waals surface area contributed by atoms with Gasteiger partial charge < -0.3 is 19.5 Å². The van der Waals surface area contributed by atoms with E-state index < -0.39 is 0 Å². The molecular weight excluding hydrogens is 496 g/mol. The molecule has 2 amide bonds. The van der Waals surface area contributed by atoms with Crippen molar-refractivity contribution in [1.82, 2.24) is 10.2 Å². The molecule has 3 aromatic carbocycles. The zero-order valence-corrected chi connectivity index (χ0v) is 20.8. The first-order valence-corrected chi connectivity index (χ1v) is 12.4. The quantitative estimate of drug-likeness (QED) is 0.347. The number of carbonyl (C=O) groups excluding carboxylic acids is 2. The maximum atomic E-state index is 13.1. The molecule has 0 bridgehead atoms. The van der Waals surface area contributed by atoms with Gasteiger partial charge in [-0.25, -0.2) is 0 Å². The molecule has 2 aliphatic heterocycles. The van der Waals surface area contributed by atoms with Gasteiger partial charge in [0.2, 0.25) is 6.79 Å². The molecule has 1 N–H and O–H groups in total. The summed E-state index contributed by atoms with van der Waals surface area (Å²) in [6.07, 6.45) is 1.78. The number of carbonyl (C=O) groups is 2. The van der Waals surface area contributed by atoms with Crippen molar-refractivity contribution in [3.05, 3.63) is 94.4 Å². The van der Waals surface area contributed by atoms with Crippen LogP contribution in [0.15, 0.2) is 77.7 Å². The SMILES string of the molecule is O=C(COc1cccc(/C=C2\SC(=S)N(Cc3ccc4c(c3)OCO4)C2=O)c1)NCc1ccccc1. The lowest BCUT2D eigenvalue weighted by molar-refractivity contribution is -0.123. The second-order valence-corrected chi connectivity index (χ2v) is 9.75. The van der Waals surface area contributed by atoms with E-state index in [0.29, 0.717) is 39.6 Å². The van der Waals surface area contributed by atoms with Crippen molar-refractivity contribution in [3.8, 4) is 17.2 Å². The van der Waals surface area contributed by atoms with E-state index in [1.807, 2.05) is 60.7 Å². The Bertz CT molecular complexity index is 1340. The van der Waals surface area contributed by atoms with E-state index in [4.69, 9.17) is 26.4 Å². The van der Waals surface area contributed by atoms with Crippen LogP contribution in [0.1, 0.15) is 16.7 Å². The van der Waals surface area contributed by atoms with Crippen molar-refractivity contribution >= 4 is 46.2 Å². The molecule has 0 unspecified atom stereocenters. The number of thioether (sulfide) groups is 1. The molecule has 0 aromatic heterocycles. The number of nitrogens with zero attached hydrogens (tertiary/aromatic N) is 1. The molecule has 0 saturated carbocycles. The van der Waals surface area contributed by atoms with Crippen molar-refractivity contribution in [2.75, 3.05) is 13.4 Å². The van der Waals surface area contributed by atoms with Crippen molar-refractivity contribution in [2.24, 2.45) is 0 Å². The van der Waals surface area contributed by atoms with Crippen LogP contribution in [0.4, 0.5) is 0 Å². The molecule has 0 radical (unpaired) electrons. The van der Waals surface area contributed by atoms with Gasteiger partial charge in [0.1, 0.15) is 10.1 Å². The number of hydrogen-bond donors (Lipinski definition) is 1. The number of benzene rings is 3. The van der Waals surface area contributed by atoms with Gasteiger partial charge in [0.25, 0.3) is 11.8 Å². The number of ether oxygens (including phenoxy) is 3. The van der Waals surface area contributed by atoms with E-state index in [0.717, 1.165) is 16.7 Å². The number of hydrogen-bond acceptors (Lipinski definition) is 7. The standard InChI is InChI=1S/C27H22N2O5S2/c30-25(28-14-18-5-2-1-3-6-18)16-32-21-8-4-7-19(11-21)13-24-26(31)29(27(35)36-24)15-20-9-10-22-23(12-20)34-17-33-22/h1-13H,14-17H2,(H,28,30)/b24-13-. The molecule has 7 nitrogen and oxygen atoms in total. The van der Waals surface area contributed by atoms with Crippen molar-refractivity contribution in [2.45, 2.75) is 13.1 Å². The number of rotatable bonds is 8. The zero-order valence-electron chi connectivity index (χ0n) is 19.1. The maximum absolute atomic E-state index is 13.1. The van der Waals surface area contributed by atoms with Gasteiger partial charge in [-0.1, -0.05) is 72.5 Å². The molecule has 2 aliphatic rings. The summed E-state index contributed by atoms with van der Waals surface area (Å²) in [5.41, 5.74) is 2.70. The largest absolute Gasteiger partial charge is 0.484 e. The third kappa shape index (κ3) is 5.69. The van der Waals surface area contributed by atoms with Gasteiger partial charge in [0, 0.05) is 6.54 Å². The third-order valence-corrected chi connectivity index (χ3v) is 6.89. The first-order chi connectivity index (χ1) is 17.5. The first-order valence-electron chi connectivity index (χ1n) is 11.2. The molecule has 182 valence electrons. The van der Waals surface area contributed by atoms with Crippen LogP contribution in [0.3, 0.4) is 0 Å². The molecule has 1 saturated heterocycles. The highest BCUT2D eigenvalue weighted by Gasteiger charge is 2.32. The lowest BCUT2D eigenvalue weighted by Crippen LogP contribution is -2.28. The molecule has 2 heterocycles. The number of thiocarbonyl (C=S) groups is 1. The zero-order chi connectivity index (χ0) is 24.9. The van der Waals surface area contributed by atoms with E-state index in [-0.39, 0.29) is 25.2 Å². The minimum Gasteiger partial charge on any atom is -0.484 e. The van der Waals surface area contributed by atoms with Gasteiger partial charge in [-0.3, -0.25) is 14.5 Å². The monoisotopic (exact) mass is 518 g/mol. The van der Waals surface area contributed by atoms with Gasteiger partial charge in [0.05, 0.1) is 11.4 Å². The van der Waals surface area contributed by atoms with E-state index in [2.05, 4.69) is 5.32 Å². The average molecular weight is 519 g/mol. The van der Waals surface area contributed by atoms with E-state index in [1.54, 1.807) is 23.1 Å². The molecule has 0 aliphatic carbocycles. The minimum atomic E-state index is -0.214. The third-order valence-electron chi connectivity index (χ3n) is 5.51. The Kier molecular flexibility index (Phi) is 7.20. The number of fused-ring (bicyclic) bond motifs is 1. The van der Waals surface area contributed by atoms with Gasteiger partial charge in [-0.05, 0) is 47.0 Å². The molecule has 1 fully saturated rings. The Morgan fingerprint density at radius 1 is 1.03 bits per heavy atom. The number of amides is 2. The summed E-state index contributed by atoms with van der Waals surface area (Å²) < 4.78 is 16.9. The summed E-state index contributed by atoms with van der Waals surface area (Å²) in [5.74, 6) is 1.52. The summed E-state index contributed by atoms with van der Waals surface area (Å²) >= 11 is 6.73.